The molecular formula is C12H16N8O6. The quantitative estimate of drug-likeness (QED) is 0.289. The van der Waals surface area contributed by atoms with Crippen LogP contribution in [0.4, 0.5) is 10.7 Å². The van der Waals surface area contributed by atoms with Gasteiger partial charge in [-0.3, -0.25) is 14.3 Å². The number of anilines is 1. The minimum atomic E-state index is -1.31. The molecule has 14 nitrogen and oxygen atoms in total. The number of nitroso groups, excluding NO2 is 1. The highest BCUT2D eigenvalue weighted by atomic mass is 16.5. The van der Waals surface area contributed by atoms with E-state index in [-0.39, 0.29) is 17.1 Å². The number of nitrogens with one attached hydrogen (secondary N) is 2. The smallest absolute Gasteiger partial charge is 0.340 e. The lowest BCUT2D eigenvalue weighted by molar-refractivity contribution is -0.0440. The summed E-state index contributed by atoms with van der Waals surface area (Å²) in [6.45, 7) is -0.533. The average molecular weight is 368 g/mol. The van der Waals surface area contributed by atoms with Crippen LogP contribution in [0.25, 0.3) is 11.2 Å². The van der Waals surface area contributed by atoms with Gasteiger partial charge in [-0.25, -0.2) is 9.78 Å². The van der Waals surface area contributed by atoms with Crippen LogP contribution in [-0.2, 0) is 4.74 Å². The van der Waals surface area contributed by atoms with Gasteiger partial charge in [0, 0.05) is 7.05 Å². The Bertz CT molecular complexity index is 895. The lowest BCUT2D eigenvalue weighted by atomic mass is 10.1. The first-order chi connectivity index (χ1) is 12.4. The van der Waals surface area contributed by atoms with E-state index in [0.29, 0.717) is 5.01 Å². The number of aromatic nitrogens is 4. The van der Waals surface area contributed by atoms with Gasteiger partial charge in [-0.05, 0) is 0 Å². The number of aromatic amines is 1. The van der Waals surface area contributed by atoms with E-state index in [2.05, 4.69) is 25.6 Å². The van der Waals surface area contributed by atoms with Crippen LogP contribution in [0.5, 0.6) is 0 Å². The first-order valence-corrected chi connectivity index (χ1v) is 7.41. The molecule has 3 heterocycles. The number of fused-ring (bicyclic) bond motifs is 1. The summed E-state index contributed by atoms with van der Waals surface area (Å²) < 4.78 is 6.86. The minimum Gasteiger partial charge on any atom is -0.394 e. The van der Waals surface area contributed by atoms with Crippen molar-refractivity contribution in [3.8, 4) is 0 Å². The Morgan fingerprint density at radius 3 is 3.00 bits per heavy atom. The molecule has 1 saturated heterocycles. The maximum atomic E-state index is 11.9. The highest BCUT2D eigenvalue weighted by Gasteiger charge is 2.46. The molecule has 2 aromatic heterocycles. The molecule has 0 spiro atoms. The molecule has 0 radical (unpaired) electrons. The molecule has 6 N–H and O–H groups in total. The Morgan fingerprint density at radius 2 is 2.35 bits per heavy atom. The van der Waals surface area contributed by atoms with E-state index >= 15 is 0 Å². The summed E-state index contributed by atoms with van der Waals surface area (Å²) in [5.74, 6) is -0.160. The Hall–Kier alpha value is -3.10. The van der Waals surface area contributed by atoms with E-state index in [4.69, 9.17) is 10.5 Å². The highest BCUT2D eigenvalue weighted by Crippen LogP contribution is 2.31. The Labute approximate surface area is 144 Å². The fraction of sp³-hybridized carbons (Fsp3) is 0.500. The average Bonchev–Trinajstić information content (AvgIpc) is 3.16. The number of nitrogen functional groups attached to an aromatic ring is 1. The fourth-order valence-corrected chi connectivity index (χ4v) is 2.69. The van der Waals surface area contributed by atoms with Crippen LogP contribution in [0, 0.1) is 4.91 Å². The number of rotatable bonds is 4. The molecule has 2 aromatic rings. The molecule has 14 heteroatoms. The molecule has 0 aliphatic carbocycles. The van der Waals surface area contributed by atoms with Gasteiger partial charge >= 0.3 is 6.03 Å². The maximum Gasteiger partial charge on any atom is 0.340 e. The van der Waals surface area contributed by atoms with Gasteiger partial charge in [-0.15, -0.1) is 4.91 Å². The molecular weight excluding hydrogens is 352 g/mol. The van der Waals surface area contributed by atoms with Crippen molar-refractivity contribution < 1.29 is 19.7 Å². The summed E-state index contributed by atoms with van der Waals surface area (Å²) in [6, 6.07) is -1.99. The highest BCUT2D eigenvalue weighted by molar-refractivity contribution is 5.74. The molecule has 0 aromatic carbocycles. The number of aliphatic hydroxyl groups excluding tert-OH is 2. The number of nitrogens with two attached hydrogens (primary N) is 1. The second-order valence-electron chi connectivity index (χ2n) is 5.59. The number of hydrogen-bond donors (Lipinski definition) is 5. The number of H-pyrrole nitrogens is 1. The summed E-state index contributed by atoms with van der Waals surface area (Å²) in [4.78, 5) is 44.5. The van der Waals surface area contributed by atoms with Crippen molar-refractivity contribution in [3.63, 3.8) is 0 Å². The number of carbonyl (C=O) groups excluding carboxylic acids is 1. The number of carbonyl (C=O) groups is 1. The number of ether oxygens (including phenoxy) is 1. The monoisotopic (exact) mass is 368 g/mol. The SMILES string of the molecule is CN(N=O)C(=O)NC1[C@H](n2cnc3c(=O)[nH]c(N)nc32)O[C@H](CO)[C@H]1O. The van der Waals surface area contributed by atoms with Gasteiger partial charge in [-0.2, -0.15) is 9.99 Å². The van der Waals surface area contributed by atoms with E-state index in [1.54, 1.807) is 0 Å². The first kappa shape index (κ1) is 17.7. The van der Waals surface area contributed by atoms with Crippen LogP contribution in [0.15, 0.2) is 16.4 Å². The molecule has 1 aliphatic heterocycles. The predicted octanol–water partition coefficient (Wildman–Crippen LogP) is -2.36. The maximum absolute atomic E-state index is 11.9. The Morgan fingerprint density at radius 1 is 1.62 bits per heavy atom. The fourth-order valence-electron chi connectivity index (χ4n) is 2.69. The van der Waals surface area contributed by atoms with Crippen LogP contribution >= 0.6 is 0 Å². The zero-order chi connectivity index (χ0) is 19.0. The van der Waals surface area contributed by atoms with Gasteiger partial charge in [0.1, 0.15) is 18.2 Å². The second kappa shape index (κ2) is 6.66. The number of hydrogen-bond acceptors (Lipinski definition) is 10. The summed E-state index contributed by atoms with van der Waals surface area (Å²) in [5.41, 5.74) is 5.00. The molecule has 140 valence electrons. The molecule has 1 unspecified atom stereocenters. The van der Waals surface area contributed by atoms with Crippen molar-refractivity contribution in [2.75, 3.05) is 19.4 Å². The van der Waals surface area contributed by atoms with Gasteiger partial charge in [0.2, 0.25) is 5.95 Å². The van der Waals surface area contributed by atoms with Crippen molar-refractivity contribution >= 4 is 23.1 Å². The van der Waals surface area contributed by atoms with Crippen LogP contribution < -0.4 is 16.6 Å². The van der Waals surface area contributed by atoms with Crippen molar-refractivity contribution in [1.82, 2.24) is 29.8 Å². The molecule has 0 bridgehead atoms. The molecule has 1 aliphatic rings. The van der Waals surface area contributed by atoms with Crippen molar-refractivity contribution in [3.05, 3.63) is 21.6 Å². The summed E-state index contributed by atoms with van der Waals surface area (Å²) >= 11 is 0. The lowest BCUT2D eigenvalue weighted by Crippen LogP contribution is -2.49. The Kier molecular flexibility index (Phi) is 4.54. The normalized spacial score (nSPS) is 25.3. The van der Waals surface area contributed by atoms with Gasteiger partial charge in [-0.1, -0.05) is 0 Å². The molecule has 26 heavy (non-hydrogen) atoms. The predicted molar refractivity (Wildman–Crippen MR) is 85.4 cm³/mol. The van der Waals surface area contributed by atoms with Gasteiger partial charge in [0.25, 0.3) is 5.56 Å². The van der Waals surface area contributed by atoms with Gasteiger partial charge in [0.15, 0.2) is 17.4 Å². The summed E-state index contributed by atoms with van der Waals surface area (Å²) in [7, 11) is 1.12. The zero-order valence-electron chi connectivity index (χ0n) is 13.4. The van der Waals surface area contributed by atoms with E-state index in [1.165, 1.54) is 10.9 Å². The van der Waals surface area contributed by atoms with E-state index in [1.807, 2.05) is 0 Å². The summed E-state index contributed by atoms with van der Waals surface area (Å²) in [6.07, 6.45) is -2.20. The Balaban J connectivity index is 2.02. The third-order valence-electron chi connectivity index (χ3n) is 3.98. The largest absolute Gasteiger partial charge is 0.394 e. The minimum absolute atomic E-state index is 0.0264. The van der Waals surface area contributed by atoms with Crippen molar-refractivity contribution in [2.45, 2.75) is 24.5 Å². The zero-order valence-corrected chi connectivity index (χ0v) is 13.4. The molecule has 0 saturated carbocycles. The molecule has 4 atom stereocenters. The van der Waals surface area contributed by atoms with Gasteiger partial charge < -0.3 is 26.0 Å². The van der Waals surface area contributed by atoms with E-state index in [9.17, 15) is 24.7 Å². The third kappa shape index (κ3) is 2.85. The number of imidazole rings is 1. The number of amides is 2. The van der Waals surface area contributed by atoms with Crippen LogP contribution in [0.2, 0.25) is 0 Å². The van der Waals surface area contributed by atoms with E-state index in [0.717, 1.165) is 7.05 Å². The topological polar surface area (TPSA) is 201 Å². The lowest BCUT2D eigenvalue weighted by Gasteiger charge is -2.23. The van der Waals surface area contributed by atoms with Gasteiger partial charge in [0.05, 0.1) is 18.2 Å². The van der Waals surface area contributed by atoms with Crippen molar-refractivity contribution in [2.24, 2.45) is 5.29 Å². The second-order valence-corrected chi connectivity index (χ2v) is 5.59. The number of nitrogens with zero attached hydrogens (tertiary/aromatic N) is 5. The third-order valence-corrected chi connectivity index (χ3v) is 3.98. The van der Waals surface area contributed by atoms with Crippen LogP contribution in [-0.4, -0.2) is 72.7 Å². The van der Waals surface area contributed by atoms with Crippen LogP contribution in [0.1, 0.15) is 6.23 Å². The molecule has 3 rings (SSSR count). The van der Waals surface area contributed by atoms with Crippen LogP contribution in [0.3, 0.4) is 0 Å². The number of urea groups is 1. The summed E-state index contributed by atoms with van der Waals surface area (Å²) in [5, 5.41) is 25.0. The number of aliphatic hydroxyl groups is 2. The standard InChI is InChI=1S/C12H16N8O6/c1-19(18-25)12(24)15-5-7(22)4(2-21)26-10(5)20-3-14-6-8(20)16-11(13)17-9(6)23/h3-5,7,10,21-22H,2H2,1H3,(H,15,24)(H3,13,16,17,23)/t4-,5?,7-,10-/m1/s1. The van der Waals surface area contributed by atoms with E-state index < -0.39 is 42.7 Å². The first-order valence-electron chi connectivity index (χ1n) is 7.41. The molecule has 1 fully saturated rings. The molecule has 2 amide bonds. The van der Waals surface area contributed by atoms with Crippen molar-refractivity contribution in [1.29, 1.82) is 0 Å².